The number of ether oxygens (including phenoxy) is 2. The zero-order valence-corrected chi connectivity index (χ0v) is 20.9. The van der Waals surface area contributed by atoms with E-state index in [-0.39, 0.29) is 23.4 Å². The summed E-state index contributed by atoms with van der Waals surface area (Å²) in [6.45, 7) is 12.7. The highest BCUT2D eigenvalue weighted by atomic mass is 16.5. The van der Waals surface area contributed by atoms with Crippen molar-refractivity contribution in [3.63, 3.8) is 0 Å². The van der Waals surface area contributed by atoms with Gasteiger partial charge in [0.05, 0.1) is 24.3 Å². The Morgan fingerprint density at radius 2 is 1.74 bits per heavy atom. The number of Topliss-reactive ketones (excluding diaryl/α,β-unsaturated/α-hetero) is 1. The fourth-order valence-corrected chi connectivity index (χ4v) is 4.33. The first-order valence-electron chi connectivity index (χ1n) is 12.0. The molecule has 1 unspecified atom stereocenters. The van der Waals surface area contributed by atoms with Gasteiger partial charge in [-0.3, -0.25) is 9.59 Å². The molecule has 182 valence electrons. The van der Waals surface area contributed by atoms with Crippen molar-refractivity contribution in [2.45, 2.75) is 66.0 Å². The molecule has 0 radical (unpaired) electrons. The monoisotopic (exact) mass is 465 g/mol. The Kier molecular flexibility index (Phi) is 8.02. The highest BCUT2D eigenvalue weighted by molar-refractivity contribution is 6.46. The average molecular weight is 466 g/mol. The summed E-state index contributed by atoms with van der Waals surface area (Å²) in [7, 11) is 0. The standard InChI is InChI=1S/C28H35NO5/c1-7-15-29-25(20-11-9-10-12-23(20)34-18(5)6)24(27(31)28(29)32)26(30)19-13-14-22(33-8-2)21(16-19)17(3)4/h9-14,16-18,25,30H,7-8,15H2,1-6H3/b26-24+. The average Bonchev–Trinajstić information content (AvgIpc) is 3.04. The number of para-hydroxylation sites is 1. The number of likely N-dealkylation sites (tertiary alicyclic amines) is 1. The van der Waals surface area contributed by atoms with Crippen molar-refractivity contribution in [1.82, 2.24) is 4.90 Å². The maximum Gasteiger partial charge on any atom is 0.295 e. The third-order valence-corrected chi connectivity index (χ3v) is 5.79. The second-order valence-corrected chi connectivity index (χ2v) is 9.04. The molecular formula is C28H35NO5. The fraction of sp³-hybridized carbons (Fsp3) is 0.429. The van der Waals surface area contributed by atoms with Crippen LogP contribution < -0.4 is 9.47 Å². The molecule has 1 saturated heterocycles. The third kappa shape index (κ3) is 4.96. The van der Waals surface area contributed by atoms with Gasteiger partial charge in [-0.1, -0.05) is 39.0 Å². The Bertz CT molecular complexity index is 1090. The first-order valence-corrected chi connectivity index (χ1v) is 12.0. The number of rotatable bonds is 9. The fourth-order valence-electron chi connectivity index (χ4n) is 4.33. The molecule has 1 N–H and O–H groups in total. The number of carbonyl (C=O) groups is 2. The topological polar surface area (TPSA) is 76.1 Å². The second-order valence-electron chi connectivity index (χ2n) is 9.04. The normalized spacial score (nSPS) is 17.6. The number of hydrogen-bond donors (Lipinski definition) is 1. The molecule has 1 fully saturated rings. The van der Waals surface area contributed by atoms with Crippen LogP contribution in [-0.4, -0.2) is 41.0 Å². The molecule has 2 aromatic rings. The zero-order valence-electron chi connectivity index (χ0n) is 20.9. The first kappa shape index (κ1) is 25.3. The quantitative estimate of drug-likeness (QED) is 0.287. The smallest absolute Gasteiger partial charge is 0.295 e. The molecule has 6 nitrogen and oxygen atoms in total. The Morgan fingerprint density at radius 3 is 2.35 bits per heavy atom. The molecule has 0 aromatic heterocycles. The van der Waals surface area contributed by atoms with Crippen molar-refractivity contribution in [2.24, 2.45) is 0 Å². The van der Waals surface area contributed by atoms with E-state index in [0.29, 0.717) is 36.4 Å². The van der Waals surface area contributed by atoms with E-state index in [1.54, 1.807) is 12.1 Å². The van der Waals surface area contributed by atoms with Crippen LogP contribution in [0.25, 0.3) is 5.76 Å². The molecular weight excluding hydrogens is 430 g/mol. The molecule has 2 aromatic carbocycles. The van der Waals surface area contributed by atoms with Crippen LogP contribution in [0.4, 0.5) is 0 Å². The van der Waals surface area contributed by atoms with Gasteiger partial charge in [-0.2, -0.15) is 0 Å². The van der Waals surface area contributed by atoms with Gasteiger partial charge in [0.1, 0.15) is 17.3 Å². The Labute approximate surface area is 202 Å². The van der Waals surface area contributed by atoms with Crippen LogP contribution in [0, 0.1) is 0 Å². The molecule has 1 aliphatic rings. The van der Waals surface area contributed by atoms with Crippen LogP contribution in [0.15, 0.2) is 48.0 Å². The molecule has 3 rings (SSSR count). The Hall–Kier alpha value is -3.28. The van der Waals surface area contributed by atoms with Crippen LogP contribution in [0.2, 0.25) is 0 Å². The SMILES string of the molecule is CCCN1C(=O)C(=O)/C(=C(/O)c2ccc(OCC)c(C(C)C)c2)C1c1ccccc1OC(C)C. The van der Waals surface area contributed by atoms with Crippen LogP contribution >= 0.6 is 0 Å². The second kappa shape index (κ2) is 10.8. The largest absolute Gasteiger partial charge is 0.507 e. The number of carbonyl (C=O) groups excluding carboxylic acids is 2. The van der Waals surface area contributed by atoms with E-state index in [1.165, 1.54) is 4.90 Å². The molecule has 0 bridgehead atoms. The number of aliphatic hydroxyl groups excluding tert-OH is 1. The summed E-state index contributed by atoms with van der Waals surface area (Å²) in [6, 6.07) is 12.0. The number of aliphatic hydroxyl groups is 1. The summed E-state index contributed by atoms with van der Waals surface area (Å²) in [5.74, 6) is -0.00394. The van der Waals surface area contributed by atoms with Crippen molar-refractivity contribution < 1.29 is 24.2 Å². The van der Waals surface area contributed by atoms with Gasteiger partial charge in [-0.15, -0.1) is 0 Å². The number of benzene rings is 2. The van der Waals surface area contributed by atoms with E-state index >= 15 is 0 Å². The highest BCUT2D eigenvalue weighted by Gasteiger charge is 2.46. The molecule has 0 spiro atoms. The molecule has 34 heavy (non-hydrogen) atoms. The van der Waals surface area contributed by atoms with E-state index < -0.39 is 17.7 Å². The van der Waals surface area contributed by atoms with Gasteiger partial charge >= 0.3 is 0 Å². The van der Waals surface area contributed by atoms with Crippen molar-refractivity contribution in [2.75, 3.05) is 13.2 Å². The van der Waals surface area contributed by atoms with E-state index in [4.69, 9.17) is 9.47 Å². The van der Waals surface area contributed by atoms with Gasteiger partial charge in [0, 0.05) is 17.7 Å². The summed E-state index contributed by atoms with van der Waals surface area (Å²) in [5.41, 5.74) is 2.17. The van der Waals surface area contributed by atoms with E-state index in [0.717, 1.165) is 11.3 Å². The van der Waals surface area contributed by atoms with E-state index in [9.17, 15) is 14.7 Å². The van der Waals surface area contributed by atoms with Crippen molar-refractivity contribution >= 4 is 17.4 Å². The molecule has 0 aliphatic carbocycles. The maximum absolute atomic E-state index is 13.2. The van der Waals surface area contributed by atoms with E-state index in [2.05, 4.69) is 0 Å². The molecule has 1 atom stereocenters. The Morgan fingerprint density at radius 1 is 1.03 bits per heavy atom. The van der Waals surface area contributed by atoms with E-state index in [1.807, 2.05) is 71.9 Å². The molecule has 1 aliphatic heterocycles. The molecule has 0 saturated carbocycles. The van der Waals surface area contributed by atoms with Crippen LogP contribution in [0.3, 0.4) is 0 Å². The summed E-state index contributed by atoms with van der Waals surface area (Å²) >= 11 is 0. The third-order valence-electron chi connectivity index (χ3n) is 5.79. The summed E-state index contributed by atoms with van der Waals surface area (Å²) in [4.78, 5) is 27.8. The first-order chi connectivity index (χ1) is 16.2. The minimum Gasteiger partial charge on any atom is -0.507 e. The number of amides is 1. The minimum absolute atomic E-state index is 0.0807. The lowest BCUT2D eigenvalue weighted by molar-refractivity contribution is -0.139. The summed E-state index contributed by atoms with van der Waals surface area (Å²) in [6.07, 6.45) is 0.589. The van der Waals surface area contributed by atoms with Gasteiger partial charge in [-0.25, -0.2) is 0 Å². The number of hydrogen-bond acceptors (Lipinski definition) is 5. The van der Waals surface area contributed by atoms with Gasteiger partial charge in [0.25, 0.3) is 11.7 Å². The van der Waals surface area contributed by atoms with Gasteiger partial charge in [0.15, 0.2) is 0 Å². The minimum atomic E-state index is -0.732. The lowest BCUT2D eigenvalue weighted by Gasteiger charge is -2.27. The predicted octanol–water partition coefficient (Wildman–Crippen LogP) is 5.83. The lowest BCUT2D eigenvalue weighted by atomic mass is 9.92. The van der Waals surface area contributed by atoms with Crippen LogP contribution in [-0.2, 0) is 9.59 Å². The van der Waals surface area contributed by atoms with Gasteiger partial charge < -0.3 is 19.5 Å². The van der Waals surface area contributed by atoms with Gasteiger partial charge in [-0.05, 0) is 62.9 Å². The molecule has 1 heterocycles. The van der Waals surface area contributed by atoms with Crippen molar-refractivity contribution in [1.29, 1.82) is 0 Å². The predicted molar refractivity (Wildman–Crippen MR) is 133 cm³/mol. The van der Waals surface area contributed by atoms with Crippen molar-refractivity contribution in [3.8, 4) is 11.5 Å². The lowest BCUT2D eigenvalue weighted by Crippen LogP contribution is -2.30. The number of ketones is 1. The molecule has 1 amide bonds. The maximum atomic E-state index is 13.2. The van der Waals surface area contributed by atoms with Gasteiger partial charge in [0.2, 0.25) is 0 Å². The number of nitrogens with zero attached hydrogens (tertiary/aromatic N) is 1. The van der Waals surface area contributed by atoms with Crippen LogP contribution in [0.5, 0.6) is 11.5 Å². The zero-order chi connectivity index (χ0) is 25.0. The Balaban J connectivity index is 2.23. The highest BCUT2D eigenvalue weighted by Crippen LogP contribution is 2.43. The molecule has 6 heteroatoms. The summed E-state index contributed by atoms with van der Waals surface area (Å²) in [5, 5.41) is 11.4. The van der Waals surface area contributed by atoms with Crippen molar-refractivity contribution in [3.05, 3.63) is 64.7 Å². The summed E-state index contributed by atoms with van der Waals surface area (Å²) < 4.78 is 11.8. The van der Waals surface area contributed by atoms with Crippen LogP contribution in [0.1, 0.15) is 76.6 Å².